The van der Waals surface area contributed by atoms with Gasteiger partial charge in [-0.15, -0.1) is 0 Å². The molecule has 4 aromatic rings. The topological polar surface area (TPSA) is 135 Å². The molecule has 0 radical (unpaired) electrons. The van der Waals surface area contributed by atoms with Crippen LogP contribution in [0, 0.1) is 6.92 Å². The van der Waals surface area contributed by atoms with Gasteiger partial charge in [-0.25, -0.2) is 9.97 Å². The maximum Gasteiger partial charge on any atom is 0.254 e. The minimum absolute atomic E-state index is 0.0488. The second kappa shape index (κ2) is 19.2. The number of ether oxygens (including phenoxy) is 2. The van der Waals surface area contributed by atoms with E-state index in [1.165, 1.54) is 38.5 Å². The van der Waals surface area contributed by atoms with Gasteiger partial charge in [0.25, 0.3) is 5.91 Å². The second-order valence-electron chi connectivity index (χ2n) is 14.6. The van der Waals surface area contributed by atoms with Crippen LogP contribution >= 0.6 is 15.9 Å². The Bertz CT molecular complexity index is 1990. The molecule has 11 nitrogen and oxygen atoms in total. The van der Waals surface area contributed by atoms with E-state index in [0.717, 1.165) is 63.8 Å². The molecule has 2 unspecified atom stereocenters. The first-order chi connectivity index (χ1) is 26.7. The summed E-state index contributed by atoms with van der Waals surface area (Å²) in [5, 5.41) is 10.3. The largest absolute Gasteiger partial charge is 0.493 e. The summed E-state index contributed by atoms with van der Waals surface area (Å²) in [5.41, 5.74) is 4.66. The van der Waals surface area contributed by atoms with Crippen LogP contribution in [0.2, 0.25) is 0 Å². The molecule has 0 bridgehead atoms. The van der Waals surface area contributed by atoms with Gasteiger partial charge in [0, 0.05) is 46.7 Å². The summed E-state index contributed by atoms with van der Waals surface area (Å²) >= 11 is 3.57. The third-order valence-electron chi connectivity index (χ3n) is 10.5. The molecule has 1 aromatic heterocycles. The Labute approximate surface area is 332 Å². The Morgan fingerprint density at radius 2 is 1.67 bits per heavy atom. The minimum atomic E-state index is -0.569. The predicted octanol–water partition coefficient (Wildman–Crippen LogP) is 8.69. The van der Waals surface area contributed by atoms with Gasteiger partial charge in [-0.2, -0.15) is 0 Å². The van der Waals surface area contributed by atoms with Gasteiger partial charge in [0.2, 0.25) is 11.8 Å². The lowest BCUT2D eigenvalue weighted by molar-refractivity contribution is -0.136. The molecule has 3 amide bonds. The zero-order chi connectivity index (χ0) is 38.7. The van der Waals surface area contributed by atoms with E-state index in [1.807, 2.05) is 43.3 Å². The van der Waals surface area contributed by atoms with Gasteiger partial charge in [-0.3, -0.25) is 19.7 Å². The number of carbonyl (C=O) groups excluding carboxylic acids is 3. The van der Waals surface area contributed by atoms with Gasteiger partial charge in [0.1, 0.15) is 17.7 Å². The van der Waals surface area contributed by atoms with Crippen molar-refractivity contribution in [2.24, 2.45) is 0 Å². The molecule has 2 aliphatic rings. The van der Waals surface area contributed by atoms with Gasteiger partial charge in [0.15, 0.2) is 11.5 Å². The Balaban J connectivity index is 0.841. The number of aromatic nitrogens is 2. The molecule has 2 atom stereocenters. The molecule has 0 spiro atoms. The van der Waals surface area contributed by atoms with Crippen molar-refractivity contribution in [2.75, 3.05) is 37.4 Å². The molecule has 1 saturated heterocycles. The average molecular weight is 814 g/mol. The highest BCUT2D eigenvalue weighted by molar-refractivity contribution is 9.10. The fourth-order valence-corrected chi connectivity index (χ4v) is 7.89. The van der Waals surface area contributed by atoms with E-state index in [-0.39, 0.29) is 30.2 Å². The van der Waals surface area contributed by atoms with Crippen molar-refractivity contribution in [1.82, 2.24) is 20.2 Å². The highest BCUT2D eigenvalue weighted by atomic mass is 79.9. The van der Waals surface area contributed by atoms with Crippen LogP contribution in [0.25, 0.3) is 10.9 Å². The number of hydrogen-bond donors (Lipinski definition) is 3. The van der Waals surface area contributed by atoms with Crippen molar-refractivity contribution < 1.29 is 23.9 Å². The first-order valence-corrected chi connectivity index (χ1v) is 20.5. The van der Waals surface area contributed by atoms with Crippen molar-refractivity contribution in [3.8, 4) is 11.5 Å². The van der Waals surface area contributed by atoms with E-state index >= 15 is 0 Å². The number of aryl methyl sites for hydroxylation is 1. The molecule has 0 aliphatic carbocycles. The smallest absolute Gasteiger partial charge is 0.254 e. The van der Waals surface area contributed by atoms with Gasteiger partial charge in [-0.05, 0) is 87.1 Å². The number of halogens is 1. The highest BCUT2D eigenvalue weighted by Crippen LogP contribution is 2.36. The lowest BCUT2D eigenvalue weighted by Crippen LogP contribution is -2.55. The molecule has 12 heteroatoms. The molecule has 55 heavy (non-hydrogen) atoms. The molecular formula is C43H53BrN6O5. The quantitative estimate of drug-likeness (QED) is 0.0628. The van der Waals surface area contributed by atoms with Crippen LogP contribution in [-0.2, 0) is 16.0 Å². The van der Waals surface area contributed by atoms with Crippen molar-refractivity contribution in [3.63, 3.8) is 0 Å². The van der Waals surface area contributed by atoms with Crippen molar-refractivity contribution >= 4 is 56.1 Å². The number of carbonyl (C=O) groups is 3. The van der Waals surface area contributed by atoms with Gasteiger partial charge in [0.05, 0.1) is 25.3 Å². The fraction of sp³-hybridized carbons (Fsp3) is 0.465. The van der Waals surface area contributed by atoms with Crippen LogP contribution in [0.5, 0.6) is 11.5 Å². The molecule has 3 N–H and O–H groups in total. The van der Waals surface area contributed by atoms with E-state index in [2.05, 4.69) is 57.0 Å². The zero-order valence-electron chi connectivity index (χ0n) is 32.2. The van der Waals surface area contributed by atoms with Crippen LogP contribution in [0.1, 0.15) is 111 Å². The van der Waals surface area contributed by atoms with Crippen molar-refractivity contribution in [3.05, 3.63) is 81.6 Å². The number of fused-ring (bicyclic) bond motifs is 2. The molecule has 292 valence electrons. The second-order valence-corrected chi connectivity index (χ2v) is 15.5. The summed E-state index contributed by atoms with van der Waals surface area (Å²) in [6.07, 6.45) is 11.9. The van der Waals surface area contributed by atoms with Crippen LogP contribution in [-0.4, -0.2) is 65.4 Å². The summed E-state index contributed by atoms with van der Waals surface area (Å²) in [4.78, 5) is 48.0. The van der Waals surface area contributed by atoms with Crippen molar-refractivity contribution in [1.29, 1.82) is 0 Å². The summed E-state index contributed by atoms with van der Waals surface area (Å²) in [5.74, 6) is 2.07. The van der Waals surface area contributed by atoms with Gasteiger partial charge in [-0.1, -0.05) is 73.0 Å². The van der Waals surface area contributed by atoms with Gasteiger partial charge >= 0.3 is 0 Å². The summed E-state index contributed by atoms with van der Waals surface area (Å²) in [7, 11) is 1.66. The normalized spacial score (nSPS) is 16.1. The summed E-state index contributed by atoms with van der Waals surface area (Å²) < 4.78 is 13.0. The van der Waals surface area contributed by atoms with Crippen LogP contribution in [0.3, 0.4) is 0 Å². The number of amides is 3. The Morgan fingerprint density at radius 1 is 0.909 bits per heavy atom. The predicted molar refractivity (Wildman–Crippen MR) is 220 cm³/mol. The highest BCUT2D eigenvalue weighted by Gasteiger charge is 2.37. The van der Waals surface area contributed by atoms with Crippen LogP contribution in [0.15, 0.2) is 59.1 Å². The first-order valence-electron chi connectivity index (χ1n) is 19.7. The number of anilines is 2. The molecule has 6 rings (SSSR count). The molecule has 3 heterocycles. The molecule has 3 aromatic carbocycles. The summed E-state index contributed by atoms with van der Waals surface area (Å²) in [6, 6.07) is 17.5. The van der Waals surface area contributed by atoms with Gasteiger partial charge < -0.3 is 25.0 Å². The van der Waals surface area contributed by atoms with E-state index in [0.29, 0.717) is 48.9 Å². The minimum Gasteiger partial charge on any atom is -0.493 e. The maximum atomic E-state index is 13.1. The number of rotatable bonds is 19. The number of unbranched alkanes of at least 4 members (excludes halogenated alkanes) is 8. The maximum absolute atomic E-state index is 13.1. The molecule has 0 saturated carbocycles. The SMILES string of the molecule is COc1cc2c(NC(C)c3cccc(Br)c3)nc(C)nc2cc1OCCCCCCCCCCCNc1ccc2c(c1)CCN(C1CCC(=O)NC1=O)C2=O. The molecule has 2 aliphatic heterocycles. The van der Waals surface area contributed by atoms with E-state index < -0.39 is 6.04 Å². The molecule has 1 fully saturated rings. The van der Waals surface area contributed by atoms with E-state index in [4.69, 9.17) is 19.4 Å². The van der Waals surface area contributed by atoms with Crippen LogP contribution in [0.4, 0.5) is 11.5 Å². The van der Waals surface area contributed by atoms with E-state index in [1.54, 1.807) is 12.0 Å². The fourth-order valence-electron chi connectivity index (χ4n) is 7.47. The number of nitrogens with zero attached hydrogens (tertiary/aromatic N) is 3. The van der Waals surface area contributed by atoms with Crippen molar-refractivity contribution in [2.45, 2.75) is 103 Å². The third-order valence-corrected chi connectivity index (χ3v) is 11.0. The number of methoxy groups -OCH3 is 1. The number of benzene rings is 3. The third kappa shape index (κ3) is 10.5. The first kappa shape index (κ1) is 40.0. The Hall–Kier alpha value is -4.71. The number of hydrogen-bond acceptors (Lipinski definition) is 9. The lowest BCUT2D eigenvalue weighted by Gasteiger charge is -2.36. The lowest BCUT2D eigenvalue weighted by atomic mass is 9.94. The Kier molecular flexibility index (Phi) is 14.0. The Morgan fingerprint density at radius 3 is 2.42 bits per heavy atom. The number of nitrogens with one attached hydrogen (secondary N) is 3. The monoisotopic (exact) mass is 812 g/mol. The summed E-state index contributed by atoms with van der Waals surface area (Å²) in [6.45, 7) is 6.04. The van der Waals surface area contributed by atoms with E-state index in [9.17, 15) is 14.4 Å². The standard InChI is InChI=1S/C43H53BrN6O5/c1-28(30-14-13-15-32(44)24-30)46-41-35-26-38(54-3)39(27-36(35)47-29(2)48-41)55-23-12-10-8-6-4-5-7-9-11-21-45-33-16-17-34-31(25-33)20-22-50(43(34)53)37-18-19-40(51)49-42(37)52/h13-17,24-28,37,45H,4-12,18-23H2,1-3H3,(H,46,47,48)(H,49,51,52). The van der Waals surface area contributed by atoms with Crippen LogP contribution < -0.4 is 25.4 Å². The number of imide groups is 1. The average Bonchev–Trinajstić information content (AvgIpc) is 3.16. The molecular weight excluding hydrogens is 760 g/mol. The zero-order valence-corrected chi connectivity index (χ0v) is 33.8. The number of piperidine rings is 1.